The molecule has 1 fully saturated rings. The fraction of sp³-hybridized carbons (Fsp3) is 0.500. The van der Waals surface area contributed by atoms with E-state index in [2.05, 4.69) is 0 Å². The Morgan fingerprint density at radius 1 is 1.29 bits per heavy atom. The van der Waals surface area contributed by atoms with E-state index in [1.807, 2.05) is 6.92 Å². The summed E-state index contributed by atoms with van der Waals surface area (Å²) in [4.78, 5) is 0.257. The van der Waals surface area contributed by atoms with E-state index in [-0.39, 0.29) is 11.5 Å². The average Bonchev–Trinajstić information content (AvgIpc) is 3.11. The fourth-order valence-electron chi connectivity index (χ4n) is 1.78. The van der Waals surface area contributed by atoms with E-state index in [0.717, 1.165) is 0 Å². The van der Waals surface area contributed by atoms with Gasteiger partial charge in [-0.05, 0) is 44.0 Å². The molecule has 0 amide bonds. The maximum atomic E-state index is 12.2. The summed E-state index contributed by atoms with van der Waals surface area (Å²) in [6.45, 7) is 2.12. The Bertz CT molecular complexity index is 486. The van der Waals surface area contributed by atoms with Gasteiger partial charge < -0.3 is 9.84 Å². The van der Waals surface area contributed by atoms with Crippen LogP contribution in [-0.2, 0) is 9.84 Å². The summed E-state index contributed by atoms with van der Waals surface area (Å²) < 4.78 is 28.8. The van der Waals surface area contributed by atoms with Gasteiger partial charge in [-0.2, -0.15) is 0 Å². The predicted molar refractivity (Wildman–Crippen MR) is 63.8 cm³/mol. The van der Waals surface area contributed by atoms with Crippen LogP contribution in [0.2, 0.25) is 0 Å². The molecule has 0 aromatic heterocycles. The molecule has 0 saturated heterocycles. The number of ether oxygens (including phenoxy) is 1. The second kappa shape index (κ2) is 4.31. The van der Waals surface area contributed by atoms with Crippen molar-refractivity contribution < 1.29 is 18.3 Å². The molecule has 2 rings (SSSR count). The van der Waals surface area contributed by atoms with Gasteiger partial charge in [0.15, 0.2) is 9.84 Å². The third-order valence-corrected chi connectivity index (χ3v) is 5.68. The maximum Gasteiger partial charge on any atom is 0.186 e. The molecule has 17 heavy (non-hydrogen) atoms. The highest BCUT2D eigenvalue weighted by molar-refractivity contribution is 7.93. The van der Waals surface area contributed by atoms with Crippen LogP contribution in [0.3, 0.4) is 0 Å². The molecular weight excluding hydrogens is 240 g/mol. The molecular formula is C12H16O4S. The molecule has 0 unspecified atom stereocenters. The predicted octanol–water partition coefficient (Wildman–Crippen LogP) is 1.38. The van der Waals surface area contributed by atoms with Gasteiger partial charge >= 0.3 is 0 Å². The molecule has 1 saturated carbocycles. The maximum absolute atomic E-state index is 12.2. The fourth-order valence-corrected chi connectivity index (χ4v) is 3.59. The first-order valence-corrected chi connectivity index (χ1v) is 7.12. The smallest absolute Gasteiger partial charge is 0.186 e. The van der Waals surface area contributed by atoms with Crippen LogP contribution >= 0.6 is 0 Å². The minimum absolute atomic E-state index is 0.257. The highest BCUT2D eigenvalue weighted by atomic mass is 32.2. The minimum Gasteiger partial charge on any atom is -0.494 e. The zero-order valence-electron chi connectivity index (χ0n) is 9.72. The third-order valence-electron chi connectivity index (χ3n) is 3.11. The summed E-state index contributed by atoms with van der Waals surface area (Å²) in [7, 11) is -3.41. The normalized spacial score (nSPS) is 17.8. The second-order valence-electron chi connectivity index (χ2n) is 4.25. The van der Waals surface area contributed by atoms with Crippen LogP contribution < -0.4 is 4.74 Å². The Hall–Kier alpha value is -1.07. The summed E-state index contributed by atoms with van der Waals surface area (Å²) >= 11 is 0. The number of aliphatic hydroxyl groups is 1. The second-order valence-corrected chi connectivity index (χ2v) is 6.59. The molecule has 1 aromatic carbocycles. The SMILES string of the molecule is CCOc1ccc(S(=O)(=O)C2(CO)CC2)cc1. The Balaban J connectivity index is 2.28. The van der Waals surface area contributed by atoms with Crippen LogP contribution in [-0.4, -0.2) is 31.5 Å². The molecule has 0 heterocycles. The van der Waals surface area contributed by atoms with Crippen molar-refractivity contribution in [3.05, 3.63) is 24.3 Å². The van der Waals surface area contributed by atoms with E-state index in [0.29, 0.717) is 25.2 Å². The van der Waals surface area contributed by atoms with Crippen LogP contribution in [0.1, 0.15) is 19.8 Å². The molecule has 5 heteroatoms. The molecule has 0 aliphatic heterocycles. The van der Waals surface area contributed by atoms with E-state index in [1.54, 1.807) is 12.1 Å². The topological polar surface area (TPSA) is 63.6 Å². The molecule has 94 valence electrons. The quantitative estimate of drug-likeness (QED) is 0.864. The molecule has 0 atom stereocenters. The van der Waals surface area contributed by atoms with Gasteiger partial charge in [0.25, 0.3) is 0 Å². The van der Waals surface area contributed by atoms with Gasteiger partial charge in [0.05, 0.1) is 22.9 Å². The standard InChI is InChI=1S/C12H16O4S/c1-2-16-10-3-5-11(6-4-10)17(14,15)12(9-13)7-8-12/h3-6,13H,2,7-9H2,1H3. The van der Waals surface area contributed by atoms with Crippen molar-refractivity contribution in [3.8, 4) is 5.75 Å². The Morgan fingerprint density at radius 3 is 2.29 bits per heavy atom. The number of hydrogen-bond donors (Lipinski definition) is 1. The lowest BCUT2D eigenvalue weighted by molar-refractivity contribution is 0.283. The Morgan fingerprint density at radius 2 is 1.88 bits per heavy atom. The van der Waals surface area contributed by atoms with Crippen LogP contribution in [0.25, 0.3) is 0 Å². The van der Waals surface area contributed by atoms with Crippen LogP contribution in [0.5, 0.6) is 5.75 Å². The molecule has 1 aromatic rings. The number of sulfone groups is 1. The zero-order valence-corrected chi connectivity index (χ0v) is 10.5. The largest absolute Gasteiger partial charge is 0.494 e. The highest BCUT2D eigenvalue weighted by Gasteiger charge is 2.54. The van der Waals surface area contributed by atoms with E-state index in [9.17, 15) is 13.5 Å². The molecule has 1 aliphatic carbocycles. The van der Waals surface area contributed by atoms with Crippen molar-refractivity contribution in [3.63, 3.8) is 0 Å². The van der Waals surface area contributed by atoms with Gasteiger partial charge in [-0.3, -0.25) is 0 Å². The number of hydrogen-bond acceptors (Lipinski definition) is 4. The average molecular weight is 256 g/mol. The lowest BCUT2D eigenvalue weighted by Crippen LogP contribution is -2.27. The lowest BCUT2D eigenvalue weighted by Gasteiger charge is -2.13. The zero-order chi connectivity index (χ0) is 12.5. The van der Waals surface area contributed by atoms with Crippen molar-refractivity contribution in [2.45, 2.75) is 29.4 Å². The van der Waals surface area contributed by atoms with E-state index >= 15 is 0 Å². The van der Waals surface area contributed by atoms with Gasteiger partial charge in [-0.1, -0.05) is 0 Å². The monoisotopic (exact) mass is 256 g/mol. The van der Waals surface area contributed by atoms with Gasteiger partial charge in [0.1, 0.15) is 5.75 Å². The summed E-state index contributed by atoms with van der Waals surface area (Å²) in [6, 6.07) is 6.36. The number of rotatable bonds is 5. The van der Waals surface area contributed by atoms with E-state index in [1.165, 1.54) is 12.1 Å². The number of benzene rings is 1. The van der Waals surface area contributed by atoms with Crippen molar-refractivity contribution in [2.24, 2.45) is 0 Å². The van der Waals surface area contributed by atoms with Crippen LogP contribution in [0, 0.1) is 0 Å². The molecule has 1 aliphatic rings. The first-order chi connectivity index (χ1) is 8.05. The molecule has 0 radical (unpaired) electrons. The van der Waals surface area contributed by atoms with Gasteiger partial charge in [0.2, 0.25) is 0 Å². The minimum atomic E-state index is -3.41. The van der Waals surface area contributed by atoms with Crippen LogP contribution in [0.4, 0.5) is 0 Å². The summed E-state index contributed by atoms with van der Waals surface area (Å²) in [5.41, 5.74) is 0. The first kappa shape index (κ1) is 12.4. The van der Waals surface area contributed by atoms with Gasteiger partial charge in [0, 0.05) is 0 Å². The summed E-state index contributed by atoms with van der Waals surface area (Å²) in [6.07, 6.45) is 1.08. The van der Waals surface area contributed by atoms with Crippen molar-refractivity contribution in [2.75, 3.05) is 13.2 Å². The van der Waals surface area contributed by atoms with Gasteiger partial charge in [-0.15, -0.1) is 0 Å². The summed E-state index contributed by atoms with van der Waals surface area (Å²) in [5.74, 6) is 0.653. The van der Waals surface area contributed by atoms with Crippen molar-refractivity contribution >= 4 is 9.84 Å². The van der Waals surface area contributed by atoms with E-state index in [4.69, 9.17) is 4.74 Å². The molecule has 0 bridgehead atoms. The number of aliphatic hydroxyl groups excluding tert-OH is 1. The Labute approximate surface area is 101 Å². The third kappa shape index (κ3) is 2.05. The molecule has 0 spiro atoms. The van der Waals surface area contributed by atoms with Crippen molar-refractivity contribution in [1.29, 1.82) is 0 Å². The Kier molecular flexibility index (Phi) is 3.14. The van der Waals surface area contributed by atoms with Crippen molar-refractivity contribution in [1.82, 2.24) is 0 Å². The van der Waals surface area contributed by atoms with Crippen LogP contribution in [0.15, 0.2) is 29.2 Å². The van der Waals surface area contributed by atoms with Gasteiger partial charge in [-0.25, -0.2) is 8.42 Å². The highest BCUT2D eigenvalue weighted by Crippen LogP contribution is 2.46. The first-order valence-electron chi connectivity index (χ1n) is 5.64. The lowest BCUT2D eigenvalue weighted by atomic mass is 10.3. The molecule has 1 N–H and O–H groups in total. The van der Waals surface area contributed by atoms with E-state index < -0.39 is 14.6 Å². The molecule has 4 nitrogen and oxygen atoms in total. The summed E-state index contributed by atoms with van der Waals surface area (Å²) in [5, 5.41) is 9.19.